The van der Waals surface area contributed by atoms with Crippen LogP contribution in [0.15, 0.2) is 22.7 Å². The van der Waals surface area contributed by atoms with Gasteiger partial charge in [0.15, 0.2) is 11.5 Å². The first-order chi connectivity index (χ1) is 13.6. The predicted molar refractivity (Wildman–Crippen MR) is 109 cm³/mol. The number of aromatic nitrogens is 4. The van der Waals surface area contributed by atoms with Crippen LogP contribution in [0.3, 0.4) is 0 Å². The van der Waals surface area contributed by atoms with Crippen molar-refractivity contribution < 1.29 is 13.2 Å². The Hall–Kier alpha value is -1.84. The Morgan fingerprint density at radius 3 is 2.41 bits per heavy atom. The summed E-state index contributed by atoms with van der Waals surface area (Å²) in [6, 6.07) is 5.14. The summed E-state index contributed by atoms with van der Waals surface area (Å²) < 4.78 is 41.0. The maximum Gasteiger partial charge on any atom is 0.436 e. The molecule has 0 unspecified atom stereocenters. The highest BCUT2D eigenvalue weighted by Crippen LogP contribution is 2.41. The van der Waals surface area contributed by atoms with Gasteiger partial charge < -0.3 is 4.90 Å². The molecule has 5 nitrogen and oxygen atoms in total. The summed E-state index contributed by atoms with van der Waals surface area (Å²) >= 11 is 15.4. The van der Waals surface area contributed by atoms with Gasteiger partial charge in [0.25, 0.3) is 0 Å². The molecule has 1 aliphatic heterocycles. The molecule has 4 rings (SSSR count). The summed E-state index contributed by atoms with van der Waals surface area (Å²) in [6.45, 7) is 3.79. The zero-order chi connectivity index (χ0) is 21.1. The molecule has 0 radical (unpaired) electrons. The number of benzene rings is 1. The molecule has 29 heavy (non-hydrogen) atoms. The molecule has 1 aromatic carbocycles. The van der Waals surface area contributed by atoms with Crippen molar-refractivity contribution >= 4 is 50.6 Å². The zero-order valence-corrected chi connectivity index (χ0v) is 18.2. The van der Waals surface area contributed by atoms with E-state index < -0.39 is 11.9 Å². The molecule has 0 spiro atoms. The van der Waals surface area contributed by atoms with Gasteiger partial charge >= 0.3 is 6.18 Å². The zero-order valence-electron chi connectivity index (χ0n) is 15.2. The summed E-state index contributed by atoms with van der Waals surface area (Å²) in [5, 5.41) is 4.76. The maximum absolute atomic E-state index is 13.3. The molecule has 0 bridgehead atoms. The lowest BCUT2D eigenvalue weighted by molar-refractivity contribution is -0.141. The highest BCUT2D eigenvalue weighted by atomic mass is 79.9. The van der Waals surface area contributed by atoms with Crippen molar-refractivity contribution in [3.63, 3.8) is 0 Å². The second-order valence-electron chi connectivity index (χ2n) is 6.55. The molecule has 0 atom stereocenters. The fourth-order valence-corrected chi connectivity index (χ4v) is 4.31. The lowest BCUT2D eigenvalue weighted by atomic mass is 10.2. The predicted octanol–water partition coefficient (Wildman–Crippen LogP) is 6.06. The van der Waals surface area contributed by atoms with Gasteiger partial charge in [0.1, 0.15) is 11.6 Å². The van der Waals surface area contributed by atoms with Crippen molar-refractivity contribution in [3.8, 4) is 5.82 Å². The van der Waals surface area contributed by atoms with Gasteiger partial charge in [-0.15, -0.1) is 0 Å². The van der Waals surface area contributed by atoms with Crippen LogP contribution in [-0.4, -0.2) is 26.3 Å². The third-order valence-corrected chi connectivity index (χ3v) is 6.12. The highest BCUT2D eigenvalue weighted by molar-refractivity contribution is 9.10. The van der Waals surface area contributed by atoms with Crippen molar-refractivity contribution in [2.24, 2.45) is 0 Å². The highest BCUT2D eigenvalue weighted by Gasteiger charge is 2.39. The van der Waals surface area contributed by atoms with Crippen LogP contribution < -0.4 is 4.90 Å². The van der Waals surface area contributed by atoms with E-state index in [-0.39, 0.29) is 4.47 Å². The summed E-state index contributed by atoms with van der Waals surface area (Å²) in [5.41, 5.74) is 0.734. The van der Waals surface area contributed by atoms with Crippen LogP contribution in [0.2, 0.25) is 10.0 Å². The number of alkyl halides is 3. The number of nitrogens with zero attached hydrogens (tertiary/aromatic N) is 5. The molecule has 0 saturated heterocycles. The first-order valence-electron chi connectivity index (χ1n) is 8.50. The van der Waals surface area contributed by atoms with Crippen LogP contribution >= 0.6 is 39.1 Å². The number of hydrogen-bond acceptors (Lipinski definition) is 4. The SMILES string of the molecule is Cc1nc2c(c(-n3nc(C(F)(F)F)c(Br)c3C)n1)CCN2c1ccc(Cl)cc1Cl. The summed E-state index contributed by atoms with van der Waals surface area (Å²) in [4.78, 5) is 10.8. The van der Waals surface area contributed by atoms with Gasteiger partial charge in [-0.2, -0.15) is 18.3 Å². The Kier molecular flexibility index (Phi) is 5.03. The fourth-order valence-electron chi connectivity index (χ4n) is 3.32. The molecule has 0 fully saturated rings. The van der Waals surface area contributed by atoms with Crippen molar-refractivity contribution in [2.75, 3.05) is 11.4 Å². The molecule has 1 aliphatic rings. The van der Waals surface area contributed by atoms with E-state index in [9.17, 15) is 13.2 Å². The Morgan fingerprint density at radius 2 is 1.79 bits per heavy atom. The number of rotatable bonds is 2. The topological polar surface area (TPSA) is 46.8 Å². The lowest BCUT2D eigenvalue weighted by Gasteiger charge is -2.20. The van der Waals surface area contributed by atoms with Crippen molar-refractivity contribution in [1.82, 2.24) is 19.7 Å². The van der Waals surface area contributed by atoms with Crippen LogP contribution in [0, 0.1) is 13.8 Å². The van der Waals surface area contributed by atoms with Gasteiger partial charge in [-0.05, 0) is 54.4 Å². The number of anilines is 2. The second-order valence-corrected chi connectivity index (χ2v) is 8.19. The number of hydrogen-bond donors (Lipinski definition) is 0. The molecule has 0 aliphatic carbocycles. The van der Waals surface area contributed by atoms with Crippen LogP contribution in [0.4, 0.5) is 24.7 Å². The van der Waals surface area contributed by atoms with Gasteiger partial charge in [-0.25, -0.2) is 14.6 Å². The van der Waals surface area contributed by atoms with E-state index in [0.29, 0.717) is 57.4 Å². The van der Waals surface area contributed by atoms with Crippen LogP contribution in [-0.2, 0) is 12.6 Å². The molecule has 152 valence electrons. The van der Waals surface area contributed by atoms with E-state index in [2.05, 4.69) is 31.0 Å². The largest absolute Gasteiger partial charge is 0.436 e. The smallest absolute Gasteiger partial charge is 0.324 e. The molecular weight excluding hydrogens is 494 g/mol. The van der Waals surface area contributed by atoms with Gasteiger partial charge in [-0.1, -0.05) is 23.2 Å². The molecule has 3 heterocycles. The van der Waals surface area contributed by atoms with E-state index in [1.54, 1.807) is 32.0 Å². The molecule has 2 aromatic heterocycles. The average Bonchev–Trinajstić information content (AvgIpc) is 3.16. The third kappa shape index (κ3) is 3.49. The molecule has 0 amide bonds. The summed E-state index contributed by atoms with van der Waals surface area (Å²) in [7, 11) is 0. The van der Waals surface area contributed by atoms with Crippen molar-refractivity contribution in [1.29, 1.82) is 0 Å². The second kappa shape index (κ2) is 7.14. The molecule has 11 heteroatoms. The molecule has 3 aromatic rings. The minimum Gasteiger partial charge on any atom is -0.324 e. The minimum absolute atomic E-state index is 0.106. The standard InChI is InChI=1S/C18H13BrCl2F3N5/c1-8-14(19)15(18(22,23)24)27-29(8)17-11-5-6-28(16(11)25-9(2)26-17)13-4-3-10(20)7-12(13)21/h3-4,7H,5-6H2,1-2H3. The molecular formula is C18H13BrCl2F3N5. The van der Waals surface area contributed by atoms with Crippen molar-refractivity contribution in [3.05, 3.63) is 55.5 Å². The van der Waals surface area contributed by atoms with Crippen LogP contribution in [0.1, 0.15) is 22.8 Å². The minimum atomic E-state index is -4.58. The van der Waals surface area contributed by atoms with Gasteiger partial charge in [0, 0.05) is 17.1 Å². The number of aryl methyl sites for hydroxylation is 1. The van der Waals surface area contributed by atoms with Gasteiger partial charge in [-0.3, -0.25) is 0 Å². The maximum atomic E-state index is 13.3. The Bertz CT molecular complexity index is 1130. The van der Waals surface area contributed by atoms with E-state index in [1.165, 1.54) is 4.68 Å². The molecule has 0 saturated carbocycles. The monoisotopic (exact) mass is 505 g/mol. The Labute approximate surface area is 182 Å². The van der Waals surface area contributed by atoms with Gasteiger partial charge in [0.05, 0.1) is 20.9 Å². The summed E-state index contributed by atoms with van der Waals surface area (Å²) in [6.07, 6.45) is -4.05. The van der Waals surface area contributed by atoms with E-state index in [1.807, 2.05) is 4.90 Å². The summed E-state index contributed by atoms with van der Waals surface area (Å²) in [5.74, 6) is 1.33. The van der Waals surface area contributed by atoms with E-state index in [4.69, 9.17) is 23.2 Å². The number of fused-ring (bicyclic) bond motifs is 1. The average molecular weight is 507 g/mol. The first-order valence-corrected chi connectivity index (χ1v) is 10.1. The number of halogens is 6. The third-order valence-electron chi connectivity index (χ3n) is 4.63. The lowest BCUT2D eigenvalue weighted by Crippen LogP contribution is -2.16. The van der Waals surface area contributed by atoms with E-state index in [0.717, 1.165) is 0 Å². The van der Waals surface area contributed by atoms with Crippen LogP contribution in [0.5, 0.6) is 0 Å². The quantitative estimate of drug-likeness (QED) is 0.423. The van der Waals surface area contributed by atoms with Crippen molar-refractivity contribution in [2.45, 2.75) is 26.4 Å². The molecule has 0 N–H and O–H groups in total. The van der Waals surface area contributed by atoms with Crippen LogP contribution in [0.25, 0.3) is 5.82 Å². The normalized spacial score (nSPS) is 13.9. The Morgan fingerprint density at radius 1 is 1.10 bits per heavy atom. The fraction of sp³-hybridized carbons (Fsp3) is 0.278. The Balaban J connectivity index is 1.88. The first kappa shape index (κ1) is 20.4. The van der Waals surface area contributed by atoms with Gasteiger partial charge in [0.2, 0.25) is 0 Å². The van der Waals surface area contributed by atoms with E-state index >= 15 is 0 Å².